The lowest BCUT2D eigenvalue weighted by molar-refractivity contribution is -0.117. The van der Waals surface area contributed by atoms with E-state index in [2.05, 4.69) is 5.32 Å². The van der Waals surface area contributed by atoms with Crippen LogP contribution in [0.4, 0.5) is 5.69 Å². The van der Waals surface area contributed by atoms with Crippen LogP contribution in [-0.4, -0.2) is 17.5 Å². The lowest BCUT2D eigenvalue weighted by atomic mass is 9.95. The van der Waals surface area contributed by atoms with Crippen LogP contribution in [-0.2, 0) is 4.79 Å². The second-order valence-electron chi connectivity index (χ2n) is 6.67. The number of Topliss-reactive ketones (excluding diaryl/α,β-unsaturated/α-hetero) is 1. The summed E-state index contributed by atoms with van der Waals surface area (Å²) < 4.78 is 0. The summed E-state index contributed by atoms with van der Waals surface area (Å²) in [6.45, 7) is 3.27. The molecule has 0 aromatic heterocycles. The highest BCUT2D eigenvalue weighted by atomic mass is 16.2. The fraction of sp³-hybridized carbons (Fsp3) is 0.125. The molecule has 0 bridgehead atoms. The molecule has 0 aliphatic rings. The van der Waals surface area contributed by atoms with Crippen molar-refractivity contribution in [3.05, 3.63) is 101 Å². The van der Waals surface area contributed by atoms with Crippen molar-refractivity contribution < 1.29 is 14.4 Å². The summed E-state index contributed by atoms with van der Waals surface area (Å²) in [6.07, 6.45) is 0. The van der Waals surface area contributed by atoms with Crippen LogP contribution in [0.2, 0.25) is 0 Å². The predicted octanol–water partition coefficient (Wildman–Crippen LogP) is 4.86. The third-order valence-corrected chi connectivity index (χ3v) is 4.61. The predicted molar refractivity (Wildman–Crippen MR) is 110 cm³/mol. The minimum absolute atomic E-state index is 0.0590. The molecular weight excluding hydrogens is 350 g/mol. The molecule has 4 heteroatoms. The van der Waals surface area contributed by atoms with Crippen LogP contribution < -0.4 is 5.32 Å². The van der Waals surface area contributed by atoms with Gasteiger partial charge in [-0.1, -0.05) is 60.7 Å². The lowest BCUT2D eigenvalue weighted by Gasteiger charge is -2.14. The van der Waals surface area contributed by atoms with Gasteiger partial charge in [0.1, 0.15) is 0 Å². The summed E-state index contributed by atoms with van der Waals surface area (Å²) in [4.78, 5) is 36.8. The van der Waals surface area contributed by atoms with Crippen LogP contribution >= 0.6 is 0 Å². The van der Waals surface area contributed by atoms with Crippen LogP contribution in [0.3, 0.4) is 0 Å². The van der Waals surface area contributed by atoms with Crippen molar-refractivity contribution in [1.29, 1.82) is 0 Å². The number of benzene rings is 3. The largest absolute Gasteiger partial charge is 0.326 e. The van der Waals surface area contributed by atoms with Crippen molar-refractivity contribution in [1.82, 2.24) is 0 Å². The number of ketones is 2. The van der Waals surface area contributed by atoms with E-state index in [-0.39, 0.29) is 17.5 Å². The first kappa shape index (κ1) is 19.2. The van der Waals surface area contributed by atoms with Gasteiger partial charge in [0.25, 0.3) is 0 Å². The Balaban J connectivity index is 1.78. The Kier molecular flexibility index (Phi) is 5.80. The van der Waals surface area contributed by atoms with E-state index in [1.165, 1.54) is 6.92 Å². The van der Waals surface area contributed by atoms with Crippen LogP contribution in [0.5, 0.6) is 0 Å². The van der Waals surface area contributed by atoms with E-state index in [4.69, 9.17) is 0 Å². The van der Waals surface area contributed by atoms with Crippen molar-refractivity contribution in [3.63, 3.8) is 0 Å². The Labute approximate surface area is 164 Å². The van der Waals surface area contributed by atoms with Crippen molar-refractivity contribution in [2.45, 2.75) is 19.8 Å². The topological polar surface area (TPSA) is 63.2 Å². The molecular formula is C24H21NO3. The normalized spacial score (nSPS) is 11.5. The highest BCUT2D eigenvalue weighted by Crippen LogP contribution is 2.21. The Hall–Kier alpha value is -3.53. The fourth-order valence-electron chi connectivity index (χ4n) is 2.92. The molecule has 0 heterocycles. The number of carbonyl (C=O) groups is 3. The molecule has 0 aliphatic heterocycles. The van der Waals surface area contributed by atoms with Gasteiger partial charge in [0.2, 0.25) is 5.91 Å². The number of nitrogens with one attached hydrogen (secondary N) is 1. The highest BCUT2D eigenvalue weighted by molar-refractivity contribution is 6.09. The molecule has 28 heavy (non-hydrogen) atoms. The van der Waals surface area contributed by atoms with Gasteiger partial charge in [-0.3, -0.25) is 14.4 Å². The highest BCUT2D eigenvalue weighted by Gasteiger charge is 2.18. The standard InChI is InChI=1S/C24H21NO3/c1-16(24(28)25-22-13-7-11-20(15-22)17(2)26)19-10-6-12-21(14-19)23(27)18-8-4-3-5-9-18/h3-16H,1-2H3,(H,25,28)/t16-/m1/s1. The average molecular weight is 371 g/mol. The van der Waals surface area contributed by atoms with Crippen molar-refractivity contribution in [3.8, 4) is 0 Å². The minimum atomic E-state index is -0.454. The third-order valence-electron chi connectivity index (χ3n) is 4.61. The van der Waals surface area contributed by atoms with Crippen LogP contribution in [0.1, 0.15) is 51.6 Å². The first-order valence-corrected chi connectivity index (χ1v) is 9.07. The Morgan fingerprint density at radius 2 is 1.39 bits per heavy atom. The zero-order chi connectivity index (χ0) is 20.1. The van der Waals surface area contributed by atoms with E-state index >= 15 is 0 Å². The van der Waals surface area contributed by atoms with E-state index in [0.717, 1.165) is 5.56 Å². The Bertz CT molecular complexity index is 1020. The van der Waals surface area contributed by atoms with Gasteiger partial charge in [-0.2, -0.15) is 0 Å². The van der Waals surface area contributed by atoms with Gasteiger partial charge in [-0.05, 0) is 37.6 Å². The third kappa shape index (κ3) is 4.41. The number of hydrogen-bond donors (Lipinski definition) is 1. The lowest BCUT2D eigenvalue weighted by Crippen LogP contribution is -2.19. The molecule has 0 unspecified atom stereocenters. The molecule has 0 spiro atoms. The number of hydrogen-bond acceptors (Lipinski definition) is 3. The van der Waals surface area contributed by atoms with Gasteiger partial charge in [0, 0.05) is 22.4 Å². The van der Waals surface area contributed by atoms with E-state index in [1.807, 2.05) is 24.3 Å². The number of rotatable bonds is 6. The molecule has 1 atom stereocenters. The maximum Gasteiger partial charge on any atom is 0.231 e. The molecule has 140 valence electrons. The minimum Gasteiger partial charge on any atom is -0.326 e. The number of carbonyl (C=O) groups excluding carboxylic acids is 3. The van der Waals surface area contributed by atoms with Crippen molar-refractivity contribution in [2.75, 3.05) is 5.32 Å². The zero-order valence-corrected chi connectivity index (χ0v) is 15.8. The van der Waals surface area contributed by atoms with Crippen LogP contribution in [0.25, 0.3) is 0 Å². The van der Waals surface area contributed by atoms with Crippen LogP contribution in [0.15, 0.2) is 78.9 Å². The van der Waals surface area contributed by atoms with E-state index in [0.29, 0.717) is 22.4 Å². The molecule has 4 nitrogen and oxygen atoms in total. The molecule has 1 amide bonds. The summed E-state index contributed by atoms with van der Waals surface area (Å²) in [5.41, 5.74) is 3.02. The molecule has 0 fully saturated rings. The fourth-order valence-corrected chi connectivity index (χ4v) is 2.92. The molecule has 3 aromatic rings. The first-order valence-electron chi connectivity index (χ1n) is 9.07. The molecule has 3 aromatic carbocycles. The molecule has 1 N–H and O–H groups in total. The van der Waals surface area contributed by atoms with Crippen molar-refractivity contribution >= 4 is 23.2 Å². The average Bonchev–Trinajstić information content (AvgIpc) is 2.73. The van der Waals surface area contributed by atoms with Gasteiger partial charge < -0.3 is 5.32 Å². The second-order valence-corrected chi connectivity index (χ2v) is 6.67. The second kappa shape index (κ2) is 8.44. The first-order chi connectivity index (χ1) is 13.5. The number of amides is 1. The van der Waals surface area contributed by atoms with Gasteiger partial charge in [-0.25, -0.2) is 0 Å². The van der Waals surface area contributed by atoms with E-state index in [1.54, 1.807) is 61.5 Å². The molecule has 0 saturated heterocycles. The molecule has 3 rings (SSSR count). The van der Waals surface area contributed by atoms with Gasteiger partial charge >= 0.3 is 0 Å². The SMILES string of the molecule is CC(=O)c1cccc(NC(=O)[C@H](C)c2cccc(C(=O)c3ccccc3)c2)c1. The molecule has 0 saturated carbocycles. The summed E-state index contributed by atoms with van der Waals surface area (Å²) in [5.74, 6) is -0.796. The Morgan fingerprint density at radius 1 is 0.750 bits per heavy atom. The monoisotopic (exact) mass is 371 g/mol. The quantitative estimate of drug-likeness (QED) is 0.629. The maximum atomic E-state index is 12.7. The summed E-state index contributed by atoms with van der Waals surface area (Å²) in [6, 6.07) is 23.0. The van der Waals surface area contributed by atoms with Gasteiger partial charge in [-0.15, -0.1) is 0 Å². The smallest absolute Gasteiger partial charge is 0.231 e. The van der Waals surface area contributed by atoms with Crippen molar-refractivity contribution in [2.24, 2.45) is 0 Å². The zero-order valence-electron chi connectivity index (χ0n) is 15.8. The summed E-state index contributed by atoms with van der Waals surface area (Å²) >= 11 is 0. The molecule has 0 aliphatic carbocycles. The van der Waals surface area contributed by atoms with Gasteiger partial charge in [0.05, 0.1) is 5.92 Å². The maximum absolute atomic E-state index is 12.7. The molecule has 0 radical (unpaired) electrons. The summed E-state index contributed by atoms with van der Waals surface area (Å²) in [7, 11) is 0. The Morgan fingerprint density at radius 3 is 2.11 bits per heavy atom. The summed E-state index contributed by atoms with van der Waals surface area (Å²) in [5, 5.41) is 2.84. The van der Waals surface area contributed by atoms with Crippen LogP contribution in [0, 0.1) is 0 Å². The van der Waals surface area contributed by atoms with E-state index < -0.39 is 5.92 Å². The van der Waals surface area contributed by atoms with Gasteiger partial charge in [0.15, 0.2) is 11.6 Å². The van der Waals surface area contributed by atoms with E-state index in [9.17, 15) is 14.4 Å². The number of anilines is 1.